The molecule has 0 amide bonds. The summed E-state index contributed by atoms with van der Waals surface area (Å²) in [6, 6.07) is 13.2. The number of rotatable bonds is 3. The quantitative estimate of drug-likeness (QED) is 0.666. The Morgan fingerprint density at radius 1 is 1.06 bits per heavy atom. The van der Waals surface area contributed by atoms with Crippen LogP contribution in [0.2, 0.25) is 0 Å². The number of hydrogen-bond acceptors (Lipinski definition) is 4. The van der Waals surface area contributed by atoms with E-state index in [1.54, 1.807) is 30.3 Å². The lowest BCUT2D eigenvalue weighted by Gasteiger charge is -2.01. The van der Waals surface area contributed by atoms with Gasteiger partial charge in [0.2, 0.25) is 0 Å². The van der Waals surface area contributed by atoms with Crippen molar-refractivity contribution in [3.8, 4) is 5.75 Å². The molecule has 2 aromatic rings. The molecule has 17 heavy (non-hydrogen) atoms. The Balaban J connectivity index is 2.16. The van der Waals surface area contributed by atoms with Crippen molar-refractivity contribution in [3.63, 3.8) is 0 Å². The summed E-state index contributed by atoms with van der Waals surface area (Å²) in [6.45, 7) is 0. The second-order valence-corrected chi connectivity index (χ2v) is 4.50. The molecule has 1 N–H and O–H groups in total. The molecule has 0 radical (unpaired) electrons. The maximum atomic E-state index is 10.5. The van der Waals surface area contributed by atoms with Crippen molar-refractivity contribution < 1.29 is 10.0 Å². The van der Waals surface area contributed by atoms with Gasteiger partial charge in [0, 0.05) is 21.9 Å². The van der Waals surface area contributed by atoms with Gasteiger partial charge in [-0.1, -0.05) is 17.8 Å². The van der Waals surface area contributed by atoms with Crippen molar-refractivity contribution in [3.05, 3.63) is 58.6 Å². The fourth-order valence-corrected chi connectivity index (χ4v) is 2.19. The molecule has 4 nitrogen and oxygen atoms in total. The van der Waals surface area contributed by atoms with Gasteiger partial charge in [-0.05, 0) is 30.3 Å². The van der Waals surface area contributed by atoms with E-state index < -0.39 is 4.92 Å². The third-order valence-corrected chi connectivity index (χ3v) is 3.10. The molecule has 0 bridgehead atoms. The van der Waals surface area contributed by atoms with Crippen molar-refractivity contribution in [2.75, 3.05) is 0 Å². The molecule has 0 aromatic heterocycles. The van der Waals surface area contributed by atoms with Gasteiger partial charge in [-0.25, -0.2) is 0 Å². The van der Waals surface area contributed by atoms with Crippen LogP contribution < -0.4 is 0 Å². The number of nitro benzene ring substituents is 1. The zero-order valence-corrected chi connectivity index (χ0v) is 9.55. The third kappa shape index (κ3) is 2.98. The first kappa shape index (κ1) is 11.5. The normalized spacial score (nSPS) is 10.1. The van der Waals surface area contributed by atoms with Gasteiger partial charge in [-0.2, -0.15) is 0 Å². The Morgan fingerprint density at radius 2 is 1.76 bits per heavy atom. The van der Waals surface area contributed by atoms with Crippen LogP contribution in [0.5, 0.6) is 5.75 Å². The van der Waals surface area contributed by atoms with Gasteiger partial charge in [0.1, 0.15) is 5.75 Å². The molecule has 0 saturated carbocycles. The molecule has 0 heterocycles. The molecule has 5 heteroatoms. The van der Waals surface area contributed by atoms with Gasteiger partial charge >= 0.3 is 0 Å². The zero-order valence-electron chi connectivity index (χ0n) is 8.74. The maximum absolute atomic E-state index is 10.5. The fraction of sp³-hybridized carbons (Fsp3) is 0. The standard InChI is InChI=1S/C12H9NO3S/c14-10-2-1-3-12(8-10)17-11-6-4-9(5-7-11)13(15)16/h1-8,14H. The Morgan fingerprint density at radius 3 is 2.35 bits per heavy atom. The van der Waals surface area contributed by atoms with Gasteiger partial charge in [0.05, 0.1) is 4.92 Å². The van der Waals surface area contributed by atoms with Crippen molar-refractivity contribution in [1.82, 2.24) is 0 Å². The lowest BCUT2D eigenvalue weighted by molar-refractivity contribution is -0.384. The Bertz CT molecular complexity index is 540. The summed E-state index contributed by atoms with van der Waals surface area (Å²) >= 11 is 1.44. The second-order valence-electron chi connectivity index (χ2n) is 3.35. The van der Waals surface area contributed by atoms with Crippen LogP contribution >= 0.6 is 11.8 Å². The highest BCUT2D eigenvalue weighted by Crippen LogP contribution is 2.30. The van der Waals surface area contributed by atoms with Crippen LogP contribution in [-0.4, -0.2) is 10.0 Å². The molecule has 0 aliphatic rings. The number of hydrogen-bond donors (Lipinski definition) is 1. The molecular formula is C12H9NO3S. The minimum atomic E-state index is -0.428. The first-order chi connectivity index (χ1) is 8.15. The van der Waals surface area contributed by atoms with E-state index in [-0.39, 0.29) is 11.4 Å². The molecule has 2 rings (SSSR count). The maximum Gasteiger partial charge on any atom is 0.269 e. The molecule has 0 unspecified atom stereocenters. The summed E-state index contributed by atoms with van der Waals surface area (Å²) in [5, 5.41) is 19.8. The topological polar surface area (TPSA) is 63.4 Å². The first-order valence-corrected chi connectivity index (χ1v) is 5.68. The molecule has 86 valence electrons. The van der Waals surface area contributed by atoms with E-state index in [4.69, 9.17) is 0 Å². The summed E-state index contributed by atoms with van der Waals surface area (Å²) in [4.78, 5) is 11.8. The van der Waals surface area contributed by atoms with E-state index >= 15 is 0 Å². The summed E-state index contributed by atoms with van der Waals surface area (Å²) in [7, 11) is 0. The lowest BCUT2D eigenvalue weighted by Crippen LogP contribution is -1.86. The first-order valence-electron chi connectivity index (χ1n) is 4.86. The Labute approximate surface area is 102 Å². The molecule has 0 aliphatic heterocycles. The van der Waals surface area contributed by atoms with Crippen LogP contribution in [-0.2, 0) is 0 Å². The van der Waals surface area contributed by atoms with Crippen molar-refractivity contribution in [2.45, 2.75) is 9.79 Å². The van der Waals surface area contributed by atoms with Crippen molar-refractivity contribution in [2.24, 2.45) is 0 Å². The van der Waals surface area contributed by atoms with E-state index in [1.807, 2.05) is 6.07 Å². The molecule has 0 saturated heterocycles. The van der Waals surface area contributed by atoms with E-state index in [0.29, 0.717) is 0 Å². The van der Waals surface area contributed by atoms with Gasteiger partial charge < -0.3 is 5.11 Å². The van der Waals surface area contributed by atoms with E-state index in [1.165, 1.54) is 23.9 Å². The molecular weight excluding hydrogens is 238 g/mol. The largest absolute Gasteiger partial charge is 0.508 e. The number of aromatic hydroxyl groups is 1. The fourth-order valence-electron chi connectivity index (χ4n) is 1.32. The monoisotopic (exact) mass is 247 g/mol. The van der Waals surface area contributed by atoms with Gasteiger partial charge in [-0.15, -0.1) is 0 Å². The predicted octanol–water partition coefficient (Wildman–Crippen LogP) is 3.45. The summed E-state index contributed by atoms with van der Waals surface area (Å²) in [5.74, 6) is 0.205. The molecule has 0 atom stereocenters. The molecule has 0 fully saturated rings. The summed E-state index contributed by atoms with van der Waals surface area (Å²) in [6.07, 6.45) is 0. The summed E-state index contributed by atoms with van der Waals surface area (Å²) in [5.41, 5.74) is 0.0743. The van der Waals surface area contributed by atoms with Gasteiger partial charge in [0.15, 0.2) is 0 Å². The lowest BCUT2D eigenvalue weighted by atomic mass is 10.3. The number of nitrogens with zero attached hydrogens (tertiary/aromatic N) is 1. The number of nitro groups is 1. The van der Waals surface area contributed by atoms with Gasteiger partial charge in [-0.3, -0.25) is 10.1 Å². The predicted molar refractivity (Wildman–Crippen MR) is 65.3 cm³/mol. The van der Waals surface area contributed by atoms with Crippen LogP contribution in [0.4, 0.5) is 5.69 Å². The van der Waals surface area contributed by atoms with E-state index in [9.17, 15) is 15.2 Å². The second kappa shape index (κ2) is 4.88. The number of phenolic OH excluding ortho intramolecular Hbond substituents is 1. The van der Waals surface area contributed by atoms with E-state index in [2.05, 4.69) is 0 Å². The molecule has 0 spiro atoms. The average Bonchev–Trinajstić information content (AvgIpc) is 2.29. The minimum absolute atomic E-state index is 0.0743. The van der Waals surface area contributed by atoms with Crippen LogP contribution in [0.15, 0.2) is 58.3 Å². The number of non-ortho nitro benzene ring substituents is 1. The number of benzene rings is 2. The summed E-state index contributed by atoms with van der Waals surface area (Å²) < 4.78 is 0. The minimum Gasteiger partial charge on any atom is -0.508 e. The Hall–Kier alpha value is -2.01. The highest BCUT2D eigenvalue weighted by molar-refractivity contribution is 7.99. The zero-order chi connectivity index (χ0) is 12.3. The van der Waals surface area contributed by atoms with Crippen molar-refractivity contribution in [1.29, 1.82) is 0 Å². The highest BCUT2D eigenvalue weighted by atomic mass is 32.2. The smallest absolute Gasteiger partial charge is 0.269 e. The van der Waals surface area contributed by atoms with Crippen LogP contribution in [0.1, 0.15) is 0 Å². The highest BCUT2D eigenvalue weighted by Gasteiger charge is 2.04. The SMILES string of the molecule is O=[N+]([O-])c1ccc(Sc2cccc(O)c2)cc1. The molecule has 2 aromatic carbocycles. The van der Waals surface area contributed by atoms with Crippen LogP contribution in [0.3, 0.4) is 0 Å². The third-order valence-electron chi connectivity index (χ3n) is 2.10. The number of phenols is 1. The Kier molecular flexibility index (Phi) is 3.30. The van der Waals surface area contributed by atoms with Gasteiger partial charge in [0.25, 0.3) is 5.69 Å². The van der Waals surface area contributed by atoms with Crippen molar-refractivity contribution >= 4 is 17.4 Å². The average molecular weight is 247 g/mol. The van der Waals surface area contributed by atoms with E-state index in [0.717, 1.165) is 9.79 Å². The molecule has 0 aliphatic carbocycles. The van der Waals surface area contributed by atoms with Crippen LogP contribution in [0.25, 0.3) is 0 Å². The van der Waals surface area contributed by atoms with Crippen LogP contribution in [0, 0.1) is 10.1 Å².